The van der Waals surface area contributed by atoms with Crippen molar-refractivity contribution in [3.63, 3.8) is 0 Å². The number of rotatable bonds is 8. The summed E-state index contributed by atoms with van der Waals surface area (Å²) in [7, 11) is 0. The second kappa shape index (κ2) is 8.12. The lowest BCUT2D eigenvalue weighted by atomic mass is 10.1. The number of hydrogen-bond donors (Lipinski definition) is 1. The van der Waals surface area contributed by atoms with Gasteiger partial charge in [-0.15, -0.1) is 0 Å². The lowest BCUT2D eigenvalue weighted by molar-refractivity contribution is 0.103. The summed E-state index contributed by atoms with van der Waals surface area (Å²) in [4.78, 5) is 0. The first kappa shape index (κ1) is 13.0. The smallest absolute Gasteiger partial charge is 0.0588 e. The molecule has 0 aliphatic carbocycles. The van der Waals surface area contributed by atoms with Crippen LogP contribution >= 0.6 is 0 Å². The van der Waals surface area contributed by atoms with E-state index in [-0.39, 0.29) is 0 Å². The molecule has 1 N–H and O–H groups in total. The summed E-state index contributed by atoms with van der Waals surface area (Å²) in [6.07, 6.45) is 9.49. The molecule has 1 atom stereocenters. The van der Waals surface area contributed by atoms with Crippen LogP contribution in [0.3, 0.4) is 0 Å². The van der Waals surface area contributed by atoms with E-state index < -0.39 is 0 Å². The minimum absolute atomic E-state index is 0.543. The first-order valence-electron chi connectivity index (χ1n) is 6.71. The van der Waals surface area contributed by atoms with Gasteiger partial charge in [-0.25, -0.2) is 0 Å². The van der Waals surface area contributed by atoms with Crippen molar-refractivity contribution in [2.45, 2.75) is 70.9 Å². The van der Waals surface area contributed by atoms with E-state index in [4.69, 9.17) is 4.74 Å². The lowest BCUT2D eigenvalue weighted by Crippen LogP contribution is -2.31. The average molecular weight is 213 g/mol. The van der Waals surface area contributed by atoms with Crippen molar-refractivity contribution in [3.05, 3.63) is 0 Å². The van der Waals surface area contributed by atoms with Gasteiger partial charge in [0.2, 0.25) is 0 Å². The molecule has 0 unspecified atom stereocenters. The van der Waals surface area contributed by atoms with Crippen molar-refractivity contribution in [1.82, 2.24) is 5.32 Å². The molecule has 0 radical (unpaired) electrons. The molecule has 0 bridgehead atoms. The average Bonchev–Trinajstić information content (AvgIpc) is 2.71. The molecule has 0 spiro atoms. The summed E-state index contributed by atoms with van der Waals surface area (Å²) >= 11 is 0. The molecule has 15 heavy (non-hydrogen) atoms. The third kappa shape index (κ3) is 5.53. The van der Waals surface area contributed by atoms with E-state index in [0.717, 1.165) is 19.2 Å². The van der Waals surface area contributed by atoms with E-state index >= 15 is 0 Å². The molecule has 90 valence electrons. The first-order chi connectivity index (χ1) is 7.36. The van der Waals surface area contributed by atoms with Crippen molar-refractivity contribution in [2.75, 3.05) is 13.2 Å². The molecule has 1 heterocycles. The van der Waals surface area contributed by atoms with Gasteiger partial charge in [0, 0.05) is 12.6 Å². The molecule has 1 rings (SSSR count). The summed E-state index contributed by atoms with van der Waals surface area (Å²) in [5.74, 6) is 0. The van der Waals surface area contributed by atoms with Crippen LogP contribution < -0.4 is 5.32 Å². The fourth-order valence-electron chi connectivity index (χ4n) is 2.37. The van der Waals surface area contributed by atoms with Gasteiger partial charge in [0.25, 0.3) is 0 Å². The molecule has 2 nitrogen and oxygen atoms in total. The van der Waals surface area contributed by atoms with Crippen LogP contribution in [0.5, 0.6) is 0 Å². The zero-order valence-corrected chi connectivity index (χ0v) is 10.4. The molecular weight excluding hydrogens is 186 g/mol. The summed E-state index contributed by atoms with van der Waals surface area (Å²) in [6.45, 7) is 6.65. The maximum absolute atomic E-state index is 5.61. The molecule has 1 fully saturated rings. The Balaban J connectivity index is 2.04. The summed E-state index contributed by atoms with van der Waals surface area (Å²) in [5, 5.41) is 3.67. The van der Waals surface area contributed by atoms with Crippen LogP contribution in [0.4, 0.5) is 0 Å². The van der Waals surface area contributed by atoms with Gasteiger partial charge in [-0.05, 0) is 38.6 Å². The Morgan fingerprint density at radius 2 is 2.00 bits per heavy atom. The van der Waals surface area contributed by atoms with Crippen LogP contribution in [0.1, 0.15) is 58.8 Å². The standard InChI is InChI=1S/C13H27NO/c1-3-6-12(7-4-2)14-10-9-13-8-5-11-15-13/h12-14H,3-11H2,1-2H3/t13-/m1/s1. The quantitative estimate of drug-likeness (QED) is 0.669. The highest BCUT2D eigenvalue weighted by atomic mass is 16.5. The van der Waals surface area contributed by atoms with Crippen molar-refractivity contribution in [3.8, 4) is 0 Å². The van der Waals surface area contributed by atoms with E-state index in [9.17, 15) is 0 Å². The Hall–Kier alpha value is -0.0800. The summed E-state index contributed by atoms with van der Waals surface area (Å²) in [5.41, 5.74) is 0. The maximum Gasteiger partial charge on any atom is 0.0588 e. The molecule has 0 aromatic heterocycles. The summed E-state index contributed by atoms with van der Waals surface area (Å²) < 4.78 is 5.61. The Bertz CT molecular complexity index is 137. The Labute approximate surface area is 94.8 Å². The van der Waals surface area contributed by atoms with Crippen molar-refractivity contribution < 1.29 is 4.74 Å². The highest BCUT2D eigenvalue weighted by Crippen LogP contribution is 2.14. The van der Waals surface area contributed by atoms with Gasteiger partial charge in [0.15, 0.2) is 0 Å². The van der Waals surface area contributed by atoms with E-state index in [1.807, 2.05) is 0 Å². The molecule has 0 aromatic carbocycles. The van der Waals surface area contributed by atoms with Gasteiger partial charge >= 0.3 is 0 Å². The topological polar surface area (TPSA) is 21.3 Å². The number of hydrogen-bond acceptors (Lipinski definition) is 2. The first-order valence-corrected chi connectivity index (χ1v) is 6.71. The van der Waals surface area contributed by atoms with E-state index in [1.54, 1.807) is 0 Å². The maximum atomic E-state index is 5.61. The third-order valence-electron chi connectivity index (χ3n) is 3.20. The van der Waals surface area contributed by atoms with Crippen molar-refractivity contribution in [1.29, 1.82) is 0 Å². The number of ether oxygens (including phenoxy) is 1. The predicted octanol–water partition coefficient (Wildman–Crippen LogP) is 3.11. The Morgan fingerprint density at radius 3 is 2.53 bits per heavy atom. The highest BCUT2D eigenvalue weighted by Gasteiger charge is 2.15. The minimum atomic E-state index is 0.543. The Kier molecular flexibility index (Phi) is 7.03. The molecule has 0 saturated carbocycles. The molecule has 1 aliphatic rings. The van der Waals surface area contributed by atoms with Gasteiger partial charge < -0.3 is 10.1 Å². The van der Waals surface area contributed by atoms with Crippen molar-refractivity contribution in [2.24, 2.45) is 0 Å². The van der Waals surface area contributed by atoms with Crippen LogP contribution in [-0.2, 0) is 4.74 Å². The molecule has 1 saturated heterocycles. The zero-order valence-electron chi connectivity index (χ0n) is 10.4. The predicted molar refractivity (Wildman–Crippen MR) is 65.2 cm³/mol. The minimum Gasteiger partial charge on any atom is -0.378 e. The fourth-order valence-corrected chi connectivity index (χ4v) is 2.37. The Morgan fingerprint density at radius 1 is 1.27 bits per heavy atom. The van der Waals surface area contributed by atoms with Gasteiger partial charge in [0.05, 0.1) is 6.10 Å². The van der Waals surface area contributed by atoms with Crippen LogP contribution in [0.25, 0.3) is 0 Å². The normalized spacial score (nSPS) is 21.4. The zero-order chi connectivity index (χ0) is 10.9. The highest BCUT2D eigenvalue weighted by molar-refractivity contribution is 4.70. The van der Waals surface area contributed by atoms with E-state index in [1.165, 1.54) is 44.9 Å². The summed E-state index contributed by atoms with van der Waals surface area (Å²) in [6, 6.07) is 0.737. The monoisotopic (exact) mass is 213 g/mol. The van der Waals surface area contributed by atoms with Gasteiger partial charge in [-0.3, -0.25) is 0 Å². The van der Waals surface area contributed by atoms with Gasteiger partial charge in [0.1, 0.15) is 0 Å². The van der Waals surface area contributed by atoms with Crippen LogP contribution in [-0.4, -0.2) is 25.3 Å². The third-order valence-corrected chi connectivity index (χ3v) is 3.20. The fraction of sp³-hybridized carbons (Fsp3) is 1.00. The van der Waals surface area contributed by atoms with E-state index in [0.29, 0.717) is 6.10 Å². The molecule has 1 aliphatic heterocycles. The molecule has 0 aromatic rings. The van der Waals surface area contributed by atoms with Gasteiger partial charge in [-0.2, -0.15) is 0 Å². The molecule has 2 heteroatoms. The van der Waals surface area contributed by atoms with E-state index in [2.05, 4.69) is 19.2 Å². The molecular formula is C13H27NO. The number of nitrogens with one attached hydrogen (secondary N) is 1. The van der Waals surface area contributed by atoms with Crippen LogP contribution in [0.15, 0.2) is 0 Å². The van der Waals surface area contributed by atoms with Crippen molar-refractivity contribution >= 4 is 0 Å². The van der Waals surface area contributed by atoms with Crippen LogP contribution in [0, 0.1) is 0 Å². The lowest BCUT2D eigenvalue weighted by Gasteiger charge is -2.18. The largest absolute Gasteiger partial charge is 0.378 e. The second-order valence-electron chi connectivity index (χ2n) is 4.65. The second-order valence-corrected chi connectivity index (χ2v) is 4.65. The van der Waals surface area contributed by atoms with Crippen LogP contribution in [0.2, 0.25) is 0 Å². The SMILES string of the molecule is CCCC(CCC)NCC[C@H]1CCCO1. The molecule has 0 amide bonds. The van der Waals surface area contributed by atoms with Gasteiger partial charge in [-0.1, -0.05) is 26.7 Å².